The summed E-state index contributed by atoms with van der Waals surface area (Å²) in [7, 11) is 0. The Labute approximate surface area is 185 Å². The smallest absolute Gasteiger partial charge is 0.220 e. The highest BCUT2D eigenvalue weighted by atomic mass is 32.2. The molecule has 2 atom stereocenters. The predicted molar refractivity (Wildman–Crippen MR) is 118 cm³/mol. The Hall–Kier alpha value is 0.280. The molecule has 162 valence electrons. The molecule has 2 unspecified atom stereocenters. The monoisotopic (exact) mass is 472 g/mol. The fraction of sp³-hybridized carbons (Fsp3) is 0.882. The lowest BCUT2D eigenvalue weighted by atomic mass is 10.4. The Balaban J connectivity index is 1.28. The zero-order chi connectivity index (χ0) is 20.0. The molecule has 0 spiro atoms. The van der Waals surface area contributed by atoms with Crippen molar-refractivity contribution in [3.8, 4) is 0 Å². The molecular formula is C17H28O7S4. The van der Waals surface area contributed by atoms with E-state index in [1.54, 1.807) is 23.5 Å². The number of aliphatic hydroxyl groups is 1. The van der Waals surface area contributed by atoms with Gasteiger partial charge < -0.3 is 33.5 Å². The van der Waals surface area contributed by atoms with E-state index in [1.165, 1.54) is 0 Å². The van der Waals surface area contributed by atoms with Crippen molar-refractivity contribution in [1.82, 2.24) is 0 Å². The summed E-state index contributed by atoms with van der Waals surface area (Å²) < 4.78 is 33.9. The maximum Gasteiger partial charge on any atom is 0.220 e. The van der Waals surface area contributed by atoms with E-state index in [9.17, 15) is 5.11 Å². The second kappa shape index (κ2) is 15.1. The van der Waals surface area contributed by atoms with Crippen molar-refractivity contribution in [2.24, 2.45) is 0 Å². The maximum atomic E-state index is 9.82. The number of ether oxygens (including phenoxy) is 6. The van der Waals surface area contributed by atoms with Gasteiger partial charge in [0.25, 0.3) is 0 Å². The molecule has 28 heavy (non-hydrogen) atoms. The van der Waals surface area contributed by atoms with Crippen molar-refractivity contribution < 1.29 is 33.5 Å². The summed E-state index contributed by atoms with van der Waals surface area (Å²) >= 11 is 13.0. The lowest BCUT2D eigenvalue weighted by Crippen LogP contribution is -2.23. The summed E-state index contributed by atoms with van der Waals surface area (Å²) in [5, 5.41) is 9.82. The summed E-state index contributed by atoms with van der Waals surface area (Å²) in [5.74, 6) is 1.72. The van der Waals surface area contributed by atoms with Crippen molar-refractivity contribution in [2.75, 3.05) is 64.4 Å². The van der Waals surface area contributed by atoms with Crippen LogP contribution in [0.2, 0.25) is 0 Å². The molecule has 0 saturated carbocycles. The standard InChI is InChI=1S/C17H28O7S4/c18-13(7-19-3-1-5-21-9-14-11-27-16(25)23-14)8-20-4-2-6-22-10-15-12-28-17(26)24-15/h13-15,18H,1-12H2. The van der Waals surface area contributed by atoms with E-state index in [4.69, 9.17) is 52.9 Å². The Morgan fingerprint density at radius 1 is 0.821 bits per heavy atom. The minimum Gasteiger partial charge on any atom is -0.472 e. The van der Waals surface area contributed by atoms with Crippen molar-refractivity contribution in [1.29, 1.82) is 0 Å². The molecule has 0 aromatic rings. The van der Waals surface area contributed by atoms with Gasteiger partial charge in [-0.3, -0.25) is 0 Å². The third kappa shape index (κ3) is 11.5. The van der Waals surface area contributed by atoms with E-state index in [0.717, 1.165) is 24.3 Å². The van der Waals surface area contributed by atoms with Crippen molar-refractivity contribution in [3.63, 3.8) is 0 Å². The van der Waals surface area contributed by atoms with Gasteiger partial charge in [0.2, 0.25) is 8.77 Å². The number of rotatable bonds is 16. The third-order valence-corrected chi connectivity index (χ3v) is 6.32. The van der Waals surface area contributed by atoms with Gasteiger partial charge in [0.1, 0.15) is 18.3 Å². The van der Waals surface area contributed by atoms with Crippen LogP contribution < -0.4 is 0 Å². The molecule has 0 radical (unpaired) electrons. The lowest BCUT2D eigenvalue weighted by Gasteiger charge is -2.13. The molecule has 1 N–H and O–H groups in total. The molecule has 11 heteroatoms. The highest BCUT2D eigenvalue weighted by molar-refractivity contribution is 8.23. The van der Waals surface area contributed by atoms with E-state index in [0.29, 0.717) is 48.4 Å². The van der Waals surface area contributed by atoms with E-state index in [-0.39, 0.29) is 25.4 Å². The fourth-order valence-corrected chi connectivity index (χ4v) is 4.40. The van der Waals surface area contributed by atoms with Crippen LogP contribution >= 0.6 is 48.0 Å². The zero-order valence-electron chi connectivity index (χ0n) is 15.7. The Morgan fingerprint density at radius 2 is 1.25 bits per heavy atom. The van der Waals surface area contributed by atoms with Gasteiger partial charge in [-0.25, -0.2) is 0 Å². The average Bonchev–Trinajstić information content (AvgIpc) is 3.28. The number of hydrogen-bond acceptors (Lipinski definition) is 11. The van der Waals surface area contributed by atoms with Crippen LogP contribution in [0.25, 0.3) is 0 Å². The van der Waals surface area contributed by atoms with Crippen LogP contribution in [0.3, 0.4) is 0 Å². The van der Waals surface area contributed by atoms with Gasteiger partial charge in [0.15, 0.2) is 0 Å². The lowest BCUT2D eigenvalue weighted by molar-refractivity contribution is -0.0286. The molecule has 2 fully saturated rings. The van der Waals surface area contributed by atoms with Crippen LogP contribution in [0.1, 0.15) is 12.8 Å². The number of thioether (sulfide) groups is 2. The topological polar surface area (TPSA) is 75.6 Å². The first kappa shape index (κ1) is 24.5. The first-order valence-electron chi connectivity index (χ1n) is 9.29. The zero-order valence-corrected chi connectivity index (χ0v) is 19.0. The highest BCUT2D eigenvalue weighted by Gasteiger charge is 2.21. The molecule has 0 amide bonds. The molecule has 0 aliphatic carbocycles. The van der Waals surface area contributed by atoms with E-state index >= 15 is 0 Å². The molecule has 2 aliphatic rings. The van der Waals surface area contributed by atoms with E-state index < -0.39 is 6.10 Å². The Morgan fingerprint density at radius 3 is 1.64 bits per heavy atom. The average molecular weight is 473 g/mol. The van der Waals surface area contributed by atoms with Crippen LogP contribution in [-0.2, 0) is 28.4 Å². The van der Waals surface area contributed by atoms with Gasteiger partial charge in [0, 0.05) is 37.9 Å². The molecule has 7 nitrogen and oxygen atoms in total. The van der Waals surface area contributed by atoms with E-state index in [2.05, 4.69) is 0 Å². The molecular weight excluding hydrogens is 444 g/mol. The number of thiocarbonyl (C=S) groups is 2. The quantitative estimate of drug-likeness (QED) is 0.265. The molecule has 0 aromatic heterocycles. The predicted octanol–water partition coefficient (Wildman–Crippen LogP) is 2.03. The van der Waals surface area contributed by atoms with Crippen LogP contribution in [0, 0.1) is 0 Å². The molecule has 2 aliphatic heterocycles. The summed E-state index contributed by atoms with van der Waals surface area (Å²) in [5.41, 5.74) is 0. The van der Waals surface area contributed by atoms with Gasteiger partial charge in [-0.1, -0.05) is 23.5 Å². The van der Waals surface area contributed by atoms with Crippen molar-refractivity contribution in [2.45, 2.75) is 31.2 Å². The Bertz CT molecular complexity index is 429. The SMILES string of the molecule is OC(COCCCOCC1CSC(=S)O1)COCCCOCC1CSC(=S)O1. The maximum absolute atomic E-state index is 9.82. The summed E-state index contributed by atoms with van der Waals surface area (Å²) in [4.78, 5) is 0. The van der Waals surface area contributed by atoms with Gasteiger partial charge in [-0.05, 0) is 37.3 Å². The molecule has 0 aromatic carbocycles. The van der Waals surface area contributed by atoms with Crippen LogP contribution in [0.5, 0.6) is 0 Å². The van der Waals surface area contributed by atoms with Crippen LogP contribution in [0.15, 0.2) is 0 Å². The van der Waals surface area contributed by atoms with Gasteiger partial charge in [-0.2, -0.15) is 0 Å². The molecule has 2 heterocycles. The van der Waals surface area contributed by atoms with E-state index in [1.807, 2.05) is 0 Å². The molecule has 2 saturated heterocycles. The van der Waals surface area contributed by atoms with Crippen molar-refractivity contribution in [3.05, 3.63) is 0 Å². The second-order valence-electron chi connectivity index (χ2n) is 6.26. The number of aliphatic hydroxyl groups excluding tert-OH is 1. The van der Waals surface area contributed by atoms with Crippen molar-refractivity contribution >= 4 is 56.7 Å². The summed E-state index contributed by atoms with van der Waals surface area (Å²) in [6, 6.07) is 0. The highest BCUT2D eigenvalue weighted by Crippen LogP contribution is 2.20. The number of hydrogen-bond donors (Lipinski definition) is 1. The van der Waals surface area contributed by atoms with Gasteiger partial charge in [0.05, 0.1) is 26.4 Å². The summed E-state index contributed by atoms with van der Waals surface area (Å²) in [6.45, 7) is 3.87. The molecule has 2 rings (SSSR count). The summed E-state index contributed by atoms with van der Waals surface area (Å²) in [6.07, 6.45) is 1.04. The second-order valence-corrected chi connectivity index (χ2v) is 9.51. The third-order valence-electron chi connectivity index (χ3n) is 3.68. The normalized spacial score (nSPS) is 23.0. The van der Waals surface area contributed by atoms with Gasteiger partial charge in [-0.15, -0.1) is 0 Å². The van der Waals surface area contributed by atoms with Crippen LogP contribution in [0.4, 0.5) is 0 Å². The minimum absolute atomic E-state index is 0.0658. The first-order valence-corrected chi connectivity index (χ1v) is 12.1. The fourth-order valence-electron chi connectivity index (χ4n) is 2.34. The molecule has 0 bridgehead atoms. The Kier molecular flexibility index (Phi) is 13.3. The minimum atomic E-state index is -0.628. The van der Waals surface area contributed by atoms with Gasteiger partial charge >= 0.3 is 0 Å². The first-order chi connectivity index (χ1) is 13.6. The largest absolute Gasteiger partial charge is 0.472 e. The van der Waals surface area contributed by atoms with Crippen LogP contribution in [-0.4, -0.2) is 96.5 Å².